The predicted molar refractivity (Wildman–Crippen MR) is 145 cm³/mol. The van der Waals surface area contributed by atoms with Gasteiger partial charge in [0.1, 0.15) is 18.2 Å². The van der Waals surface area contributed by atoms with Crippen LogP contribution in [0, 0.1) is 11.3 Å². The molecule has 0 radical (unpaired) electrons. The van der Waals surface area contributed by atoms with Crippen LogP contribution in [-0.4, -0.2) is 51.4 Å². The van der Waals surface area contributed by atoms with E-state index in [0.29, 0.717) is 16.8 Å². The summed E-state index contributed by atoms with van der Waals surface area (Å²) in [6.45, 7) is 4.62. The van der Waals surface area contributed by atoms with Crippen LogP contribution in [-0.2, 0) is 19.1 Å². The van der Waals surface area contributed by atoms with E-state index in [1.807, 2.05) is 66.9 Å². The van der Waals surface area contributed by atoms with Crippen molar-refractivity contribution in [2.45, 2.75) is 25.7 Å². The Labute approximate surface area is 225 Å². The smallest absolute Gasteiger partial charge is 0.302 e. The van der Waals surface area contributed by atoms with Gasteiger partial charge in [0, 0.05) is 34.7 Å². The maximum atomic E-state index is 13.5. The monoisotopic (exact) mass is 526 g/mol. The first-order chi connectivity index (χ1) is 18.3. The van der Waals surface area contributed by atoms with Gasteiger partial charge in [-0.15, -0.1) is 11.8 Å². The Kier molecular flexibility index (Phi) is 8.24. The highest BCUT2D eigenvalue weighted by atomic mass is 32.2. The van der Waals surface area contributed by atoms with E-state index in [9.17, 15) is 19.6 Å². The molecule has 0 N–H and O–H groups in total. The minimum Gasteiger partial charge on any atom is -0.464 e. The molecular formula is C29H26N4O4S. The molecule has 1 aliphatic rings. The Morgan fingerprint density at radius 3 is 2.45 bits per heavy atom. The molecule has 1 aromatic heterocycles. The Bertz CT molecular complexity index is 1480. The Hall–Kier alpha value is -4.42. The molecule has 0 saturated carbocycles. The van der Waals surface area contributed by atoms with Crippen molar-refractivity contribution in [1.29, 1.82) is 5.26 Å². The van der Waals surface area contributed by atoms with Gasteiger partial charge in [0.15, 0.2) is 0 Å². The summed E-state index contributed by atoms with van der Waals surface area (Å²) in [5.41, 5.74) is 3.37. The van der Waals surface area contributed by atoms with Crippen molar-refractivity contribution >= 4 is 35.6 Å². The van der Waals surface area contributed by atoms with Crippen molar-refractivity contribution in [2.24, 2.45) is 0 Å². The van der Waals surface area contributed by atoms with E-state index in [2.05, 4.69) is 6.92 Å². The lowest BCUT2D eigenvalue weighted by Crippen LogP contribution is -2.44. The highest BCUT2D eigenvalue weighted by molar-refractivity contribution is 7.99. The van der Waals surface area contributed by atoms with E-state index in [-0.39, 0.29) is 24.3 Å². The Morgan fingerprint density at radius 1 is 1.11 bits per heavy atom. The SMILES string of the molecule is CCSc1ccc(-c2nn(-c3ccccc3)cc2/C=C2/C(=O)N(CCOC(C)=O)C(=O)C(C#N)=C2C)cc1. The molecule has 8 nitrogen and oxygen atoms in total. The van der Waals surface area contributed by atoms with Crippen LogP contribution in [0.15, 0.2) is 82.4 Å². The summed E-state index contributed by atoms with van der Waals surface area (Å²) in [7, 11) is 0. The average molecular weight is 527 g/mol. The molecular weight excluding hydrogens is 500 g/mol. The topological polar surface area (TPSA) is 105 Å². The van der Waals surface area contributed by atoms with Gasteiger partial charge in [-0.25, -0.2) is 4.68 Å². The number of thioether (sulfide) groups is 1. The van der Waals surface area contributed by atoms with Gasteiger partial charge < -0.3 is 4.74 Å². The second kappa shape index (κ2) is 11.8. The molecule has 0 fully saturated rings. The van der Waals surface area contributed by atoms with E-state index >= 15 is 0 Å². The fourth-order valence-corrected chi connectivity index (χ4v) is 4.74. The lowest BCUT2D eigenvalue weighted by atomic mass is 9.93. The zero-order valence-corrected chi connectivity index (χ0v) is 22.1. The number of imide groups is 1. The zero-order valence-electron chi connectivity index (χ0n) is 21.3. The van der Waals surface area contributed by atoms with Crippen LogP contribution in [0.25, 0.3) is 23.0 Å². The largest absolute Gasteiger partial charge is 0.464 e. The Balaban J connectivity index is 1.82. The standard InChI is InChI=1S/C29H26N4O4S/c1-4-38-24-12-10-21(11-13-24)27-22(18-33(31-27)23-8-6-5-7-9-23)16-25-19(2)26(17-30)29(36)32(28(25)35)14-15-37-20(3)34/h5-13,16,18H,4,14-15H2,1-3H3/b25-16+. The molecule has 192 valence electrons. The molecule has 2 aromatic carbocycles. The summed E-state index contributed by atoms with van der Waals surface area (Å²) in [5.74, 6) is -0.831. The van der Waals surface area contributed by atoms with Gasteiger partial charge in [-0.2, -0.15) is 10.4 Å². The van der Waals surface area contributed by atoms with Crippen LogP contribution in [0.1, 0.15) is 26.3 Å². The number of amides is 2. The molecule has 4 rings (SSSR count). The number of para-hydroxylation sites is 1. The third-order valence-electron chi connectivity index (χ3n) is 5.95. The number of carbonyl (C=O) groups excluding carboxylic acids is 3. The normalized spacial score (nSPS) is 14.7. The van der Waals surface area contributed by atoms with E-state index < -0.39 is 17.8 Å². The molecule has 0 bridgehead atoms. The summed E-state index contributed by atoms with van der Waals surface area (Å²) in [4.78, 5) is 39.6. The second-order valence-corrected chi connectivity index (χ2v) is 9.78. The number of hydrogen-bond donors (Lipinski definition) is 0. The number of esters is 1. The molecule has 3 aromatic rings. The van der Waals surface area contributed by atoms with E-state index in [1.54, 1.807) is 29.4 Å². The number of rotatable bonds is 8. The molecule has 0 unspecified atom stereocenters. The number of nitrogens with zero attached hydrogens (tertiary/aromatic N) is 4. The third-order valence-corrected chi connectivity index (χ3v) is 6.84. The lowest BCUT2D eigenvalue weighted by molar-refractivity contribution is -0.147. The van der Waals surface area contributed by atoms with Gasteiger partial charge in [-0.05, 0) is 48.6 Å². The quantitative estimate of drug-likeness (QED) is 0.180. The maximum Gasteiger partial charge on any atom is 0.302 e. The summed E-state index contributed by atoms with van der Waals surface area (Å²) in [6.07, 6.45) is 3.48. The van der Waals surface area contributed by atoms with Gasteiger partial charge in [0.05, 0.1) is 17.9 Å². The van der Waals surface area contributed by atoms with Crippen LogP contribution in [0.3, 0.4) is 0 Å². The first-order valence-corrected chi connectivity index (χ1v) is 13.0. The molecule has 0 atom stereocenters. The van der Waals surface area contributed by atoms with Gasteiger partial charge in [0.2, 0.25) is 0 Å². The molecule has 1 aliphatic heterocycles. The molecule has 2 amide bonds. The Morgan fingerprint density at radius 2 is 1.82 bits per heavy atom. The number of hydrogen-bond acceptors (Lipinski definition) is 7. The van der Waals surface area contributed by atoms with E-state index in [1.165, 1.54) is 6.92 Å². The van der Waals surface area contributed by atoms with Crippen molar-refractivity contribution in [3.8, 4) is 23.0 Å². The van der Waals surface area contributed by atoms with Gasteiger partial charge in [-0.3, -0.25) is 19.3 Å². The van der Waals surface area contributed by atoms with Crippen molar-refractivity contribution < 1.29 is 19.1 Å². The molecule has 0 spiro atoms. The summed E-state index contributed by atoms with van der Waals surface area (Å²) in [5, 5.41) is 14.5. The average Bonchev–Trinajstić information content (AvgIpc) is 3.34. The summed E-state index contributed by atoms with van der Waals surface area (Å²) in [6, 6.07) is 19.5. The molecule has 9 heteroatoms. The first kappa shape index (κ1) is 26.6. The van der Waals surface area contributed by atoms with Crippen LogP contribution >= 0.6 is 11.8 Å². The van der Waals surface area contributed by atoms with Crippen LogP contribution in [0.5, 0.6) is 0 Å². The van der Waals surface area contributed by atoms with Gasteiger partial charge >= 0.3 is 5.97 Å². The van der Waals surface area contributed by atoms with Gasteiger partial charge in [0.25, 0.3) is 11.8 Å². The molecule has 38 heavy (non-hydrogen) atoms. The number of nitriles is 1. The highest BCUT2D eigenvalue weighted by Crippen LogP contribution is 2.32. The molecule has 0 saturated heterocycles. The fraction of sp³-hybridized carbons (Fsp3) is 0.207. The number of aromatic nitrogens is 2. The van der Waals surface area contributed by atoms with Crippen molar-refractivity contribution in [2.75, 3.05) is 18.9 Å². The van der Waals surface area contributed by atoms with E-state index in [4.69, 9.17) is 9.84 Å². The first-order valence-electron chi connectivity index (χ1n) is 12.0. The number of benzene rings is 2. The van der Waals surface area contributed by atoms with Crippen molar-refractivity contribution in [3.05, 3.63) is 83.1 Å². The third kappa shape index (κ3) is 5.61. The molecule has 2 heterocycles. The van der Waals surface area contributed by atoms with Crippen LogP contribution in [0.4, 0.5) is 0 Å². The minimum absolute atomic E-state index is 0.128. The number of ether oxygens (including phenoxy) is 1. The summed E-state index contributed by atoms with van der Waals surface area (Å²) >= 11 is 1.74. The summed E-state index contributed by atoms with van der Waals surface area (Å²) < 4.78 is 6.66. The van der Waals surface area contributed by atoms with Gasteiger partial charge in [-0.1, -0.05) is 37.3 Å². The lowest BCUT2D eigenvalue weighted by Gasteiger charge is -2.27. The van der Waals surface area contributed by atoms with Crippen LogP contribution < -0.4 is 0 Å². The second-order valence-electron chi connectivity index (χ2n) is 8.44. The number of carbonyl (C=O) groups is 3. The van der Waals surface area contributed by atoms with Crippen LogP contribution in [0.2, 0.25) is 0 Å². The fourth-order valence-electron chi connectivity index (χ4n) is 4.07. The molecule has 0 aliphatic carbocycles. The highest BCUT2D eigenvalue weighted by Gasteiger charge is 2.35. The van der Waals surface area contributed by atoms with Crippen molar-refractivity contribution in [3.63, 3.8) is 0 Å². The van der Waals surface area contributed by atoms with Crippen molar-refractivity contribution in [1.82, 2.24) is 14.7 Å². The minimum atomic E-state index is -0.705. The zero-order chi connectivity index (χ0) is 27.2. The maximum absolute atomic E-state index is 13.5. The van der Waals surface area contributed by atoms with E-state index in [0.717, 1.165) is 26.8 Å². The predicted octanol–water partition coefficient (Wildman–Crippen LogP) is 4.81.